The highest BCUT2D eigenvalue weighted by atomic mass is 16.2. The molecule has 1 saturated carbocycles. The van der Waals surface area contributed by atoms with Crippen LogP contribution in [-0.4, -0.2) is 11.8 Å². The van der Waals surface area contributed by atoms with Gasteiger partial charge in [-0.15, -0.1) is 0 Å². The zero-order valence-electron chi connectivity index (χ0n) is 20.6. The molecule has 0 radical (unpaired) electrons. The number of imide groups is 1. The van der Waals surface area contributed by atoms with Crippen LogP contribution in [0, 0.1) is 51.4 Å². The fourth-order valence-corrected chi connectivity index (χ4v) is 6.33. The Morgan fingerprint density at radius 2 is 1.09 bits per heavy atom. The second kappa shape index (κ2) is 7.91. The maximum Gasteiger partial charge on any atom is 0.238 e. The number of carbonyl (C=O) groups is 2. The third kappa shape index (κ3) is 3.25. The van der Waals surface area contributed by atoms with E-state index >= 15 is 0 Å². The topological polar surface area (TPSA) is 37.4 Å². The summed E-state index contributed by atoms with van der Waals surface area (Å²) in [5.74, 6) is -0.912. The van der Waals surface area contributed by atoms with Gasteiger partial charge in [0.15, 0.2) is 0 Å². The van der Waals surface area contributed by atoms with Crippen molar-refractivity contribution in [1.29, 1.82) is 0 Å². The molecule has 3 aliphatic rings. The normalized spacial score (nSPS) is 24.5. The van der Waals surface area contributed by atoms with Crippen LogP contribution in [0.25, 0.3) is 5.57 Å². The van der Waals surface area contributed by atoms with E-state index < -0.39 is 0 Å². The van der Waals surface area contributed by atoms with Crippen LogP contribution in [0.1, 0.15) is 33.4 Å². The number of amides is 2. The molecule has 174 valence electrons. The van der Waals surface area contributed by atoms with Gasteiger partial charge in [-0.25, -0.2) is 4.90 Å². The first-order valence-electron chi connectivity index (χ1n) is 12.4. The number of allylic oxidation sites excluding steroid dienone is 3. The minimum Gasteiger partial charge on any atom is -0.274 e. The van der Waals surface area contributed by atoms with Crippen molar-refractivity contribution in [3.63, 3.8) is 0 Å². The van der Waals surface area contributed by atoms with Gasteiger partial charge in [-0.2, -0.15) is 0 Å². The maximum atomic E-state index is 13.8. The van der Waals surface area contributed by atoms with Gasteiger partial charge in [0.2, 0.25) is 11.8 Å². The Morgan fingerprint density at radius 1 is 0.629 bits per heavy atom. The smallest absolute Gasteiger partial charge is 0.238 e. The molecular formula is C32H29NO2. The van der Waals surface area contributed by atoms with E-state index in [9.17, 15) is 9.59 Å². The Bertz CT molecular complexity index is 1340. The van der Waals surface area contributed by atoms with E-state index in [4.69, 9.17) is 0 Å². The second-order valence-corrected chi connectivity index (χ2v) is 10.4. The standard InChI is InChI=1S/C32H29NO2/c1-18-5-10-22(11-6-18)27(23-12-7-19(2)8-13-23)28-24-14-15-25(28)30-29(24)31(34)33(32(30)35)26-16-9-20(3)17-21(26)4/h5-17,24-25,29-30H,1-4H3/t24-,25-,29-,30-/m1/s1. The second-order valence-electron chi connectivity index (χ2n) is 10.4. The first-order valence-corrected chi connectivity index (χ1v) is 12.4. The lowest BCUT2D eigenvalue weighted by molar-refractivity contribution is -0.122. The number of rotatable bonds is 3. The molecule has 2 amide bonds. The van der Waals surface area contributed by atoms with E-state index in [0.29, 0.717) is 0 Å². The van der Waals surface area contributed by atoms with Gasteiger partial charge in [0.05, 0.1) is 17.5 Å². The maximum absolute atomic E-state index is 13.8. The van der Waals surface area contributed by atoms with Gasteiger partial charge < -0.3 is 0 Å². The average Bonchev–Trinajstić information content (AvgIpc) is 3.46. The zero-order chi connectivity index (χ0) is 24.4. The summed E-state index contributed by atoms with van der Waals surface area (Å²) in [7, 11) is 0. The summed E-state index contributed by atoms with van der Waals surface area (Å²) in [5, 5.41) is 0. The summed E-state index contributed by atoms with van der Waals surface area (Å²) in [6.45, 7) is 8.18. The third-order valence-electron chi connectivity index (χ3n) is 7.98. The number of fused-ring (bicyclic) bond motifs is 5. The van der Waals surface area contributed by atoms with Gasteiger partial charge in [-0.3, -0.25) is 9.59 Å². The largest absolute Gasteiger partial charge is 0.274 e. The molecule has 3 aromatic carbocycles. The van der Waals surface area contributed by atoms with Gasteiger partial charge in [0.25, 0.3) is 0 Å². The van der Waals surface area contributed by atoms with Crippen molar-refractivity contribution in [2.75, 3.05) is 4.90 Å². The monoisotopic (exact) mass is 459 g/mol. The molecule has 6 rings (SSSR count). The van der Waals surface area contributed by atoms with Crippen molar-refractivity contribution in [1.82, 2.24) is 0 Å². The van der Waals surface area contributed by atoms with Crippen LogP contribution in [0.2, 0.25) is 0 Å². The highest BCUT2D eigenvalue weighted by Gasteiger charge is 2.62. The molecule has 1 aliphatic heterocycles. The lowest BCUT2D eigenvalue weighted by Crippen LogP contribution is -2.33. The summed E-state index contributed by atoms with van der Waals surface area (Å²) >= 11 is 0. The zero-order valence-corrected chi connectivity index (χ0v) is 20.6. The Morgan fingerprint density at radius 3 is 1.54 bits per heavy atom. The first-order chi connectivity index (χ1) is 16.8. The van der Waals surface area contributed by atoms with Gasteiger partial charge in [-0.1, -0.05) is 89.5 Å². The molecule has 2 bridgehead atoms. The summed E-state index contributed by atoms with van der Waals surface area (Å²) < 4.78 is 0. The summed E-state index contributed by atoms with van der Waals surface area (Å²) in [4.78, 5) is 29.1. The van der Waals surface area contributed by atoms with Crippen LogP contribution >= 0.6 is 0 Å². The number of nitrogens with zero attached hydrogens (tertiary/aromatic N) is 1. The Balaban J connectivity index is 1.49. The molecule has 0 spiro atoms. The summed E-state index contributed by atoms with van der Waals surface area (Å²) in [5.41, 5.74) is 9.89. The van der Waals surface area contributed by atoms with Crippen LogP contribution in [0.3, 0.4) is 0 Å². The van der Waals surface area contributed by atoms with Crippen LogP contribution in [-0.2, 0) is 9.59 Å². The fraction of sp³-hybridized carbons (Fsp3) is 0.250. The molecule has 3 nitrogen and oxygen atoms in total. The molecule has 0 N–H and O–H groups in total. The molecule has 35 heavy (non-hydrogen) atoms. The summed E-state index contributed by atoms with van der Waals surface area (Å²) in [6, 6.07) is 23.1. The number of benzene rings is 3. The highest BCUT2D eigenvalue weighted by molar-refractivity contribution is 6.23. The van der Waals surface area contributed by atoms with Crippen LogP contribution in [0.4, 0.5) is 5.69 Å². The molecule has 3 heteroatoms. The van der Waals surface area contributed by atoms with Crippen molar-refractivity contribution in [2.45, 2.75) is 27.7 Å². The van der Waals surface area contributed by atoms with E-state index in [1.807, 2.05) is 32.0 Å². The van der Waals surface area contributed by atoms with Gasteiger partial charge in [0.1, 0.15) is 0 Å². The lowest BCUT2D eigenvalue weighted by atomic mass is 9.85. The number of hydrogen-bond acceptors (Lipinski definition) is 2. The number of carbonyl (C=O) groups excluding carboxylic acids is 2. The molecule has 3 aromatic rings. The minimum atomic E-state index is -0.334. The fourth-order valence-electron chi connectivity index (χ4n) is 6.33. The van der Waals surface area contributed by atoms with E-state index in [0.717, 1.165) is 33.5 Å². The SMILES string of the molecule is Cc1ccc(C(=C2[C@H]3C=C[C@H]2[C@H]2C(=O)N(c4ccc(C)cc4C)C(=O)[C@@H]23)c2ccc(C)cc2)cc1. The van der Waals surface area contributed by atoms with Gasteiger partial charge in [0, 0.05) is 11.8 Å². The third-order valence-corrected chi connectivity index (χ3v) is 7.98. The van der Waals surface area contributed by atoms with Crippen molar-refractivity contribution >= 4 is 23.1 Å². The molecule has 4 atom stereocenters. The van der Waals surface area contributed by atoms with Gasteiger partial charge >= 0.3 is 0 Å². The lowest BCUT2D eigenvalue weighted by Gasteiger charge is -2.23. The van der Waals surface area contributed by atoms with Crippen molar-refractivity contribution < 1.29 is 9.59 Å². The Hall–Kier alpha value is -3.72. The van der Waals surface area contributed by atoms with Crippen molar-refractivity contribution in [3.8, 4) is 0 Å². The molecule has 1 heterocycles. The Kier molecular flexibility index (Phi) is 4.93. The minimum absolute atomic E-state index is 0.0604. The quantitative estimate of drug-likeness (QED) is 0.338. The summed E-state index contributed by atoms with van der Waals surface area (Å²) in [6.07, 6.45) is 4.33. The number of hydrogen-bond donors (Lipinski definition) is 0. The van der Waals surface area contributed by atoms with Gasteiger partial charge in [-0.05, 0) is 61.6 Å². The van der Waals surface area contributed by atoms with E-state index in [1.54, 1.807) is 0 Å². The average molecular weight is 460 g/mol. The molecular weight excluding hydrogens is 430 g/mol. The molecule has 0 unspecified atom stereocenters. The van der Waals surface area contributed by atoms with Crippen molar-refractivity contribution in [3.05, 3.63) is 118 Å². The first kappa shape index (κ1) is 21.8. The molecule has 1 saturated heterocycles. The predicted molar refractivity (Wildman–Crippen MR) is 140 cm³/mol. The predicted octanol–water partition coefficient (Wildman–Crippen LogP) is 6.34. The molecule has 2 aliphatic carbocycles. The van der Waals surface area contributed by atoms with Crippen LogP contribution in [0.5, 0.6) is 0 Å². The van der Waals surface area contributed by atoms with Crippen LogP contribution < -0.4 is 4.90 Å². The Labute approximate surface area is 206 Å². The number of aryl methyl sites for hydroxylation is 4. The van der Waals surface area contributed by atoms with Crippen LogP contribution in [0.15, 0.2) is 84.5 Å². The molecule has 2 fully saturated rings. The number of anilines is 1. The highest BCUT2D eigenvalue weighted by Crippen LogP contribution is 2.59. The van der Waals surface area contributed by atoms with E-state index in [1.165, 1.54) is 21.6 Å². The van der Waals surface area contributed by atoms with E-state index in [2.05, 4.69) is 74.5 Å². The van der Waals surface area contributed by atoms with E-state index in [-0.39, 0.29) is 35.5 Å². The van der Waals surface area contributed by atoms with Crippen molar-refractivity contribution in [2.24, 2.45) is 23.7 Å². The molecule has 0 aromatic heterocycles.